The molecule has 0 bridgehead atoms. The highest BCUT2D eigenvalue weighted by atomic mass is 32.2. The highest BCUT2D eigenvalue weighted by Gasteiger charge is 2.38. The largest absolute Gasteiger partial charge is 0.505 e. The Morgan fingerprint density at radius 3 is 2.75 bits per heavy atom. The number of anilines is 1. The summed E-state index contributed by atoms with van der Waals surface area (Å²) >= 11 is 2.56. The van der Waals surface area contributed by atoms with Gasteiger partial charge in [-0.05, 0) is 12.5 Å². The molecule has 1 aliphatic rings. The SMILES string of the molecule is CCc1cnc(NC(=O)CC2=C(O)c3sc4ccccc4c3S(=O)(=O)N2C)s1. The molecule has 0 saturated carbocycles. The normalized spacial score (nSPS) is 15.7. The molecule has 1 aliphatic heterocycles. The van der Waals surface area contributed by atoms with E-state index in [9.17, 15) is 18.3 Å². The van der Waals surface area contributed by atoms with Crippen molar-refractivity contribution in [3.8, 4) is 0 Å². The maximum Gasteiger partial charge on any atom is 0.266 e. The van der Waals surface area contributed by atoms with Crippen LogP contribution in [0.15, 0.2) is 41.1 Å². The van der Waals surface area contributed by atoms with Crippen molar-refractivity contribution in [3.63, 3.8) is 0 Å². The van der Waals surface area contributed by atoms with Gasteiger partial charge in [0.1, 0.15) is 4.90 Å². The molecule has 0 atom stereocenters. The lowest BCUT2D eigenvalue weighted by Crippen LogP contribution is -2.32. The summed E-state index contributed by atoms with van der Waals surface area (Å²) < 4.78 is 27.9. The molecular formula is C18H17N3O4S3. The van der Waals surface area contributed by atoms with Crippen LogP contribution in [0.1, 0.15) is 23.1 Å². The molecule has 3 heterocycles. The summed E-state index contributed by atoms with van der Waals surface area (Å²) in [5.41, 5.74) is 0.0452. The Hall–Kier alpha value is -2.43. The Balaban J connectivity index is 1.72. The molecule has 1 amide bonds. The Morgan fingerprint density at radius 2 is 2.04 bits per heavy atom. The lowest BCUT2D eigenvalue weighted by atomic mass is 10.2. The van der Waals surface area contributed by atoms with Crippen molar-refractivity contribution in [2.45, 2.75) is 24.7 Å². The van der Waals surface area contributed by atoms with Gasteiger partial charge < -0.3 is 10.4 Å². The van der Waals surface area contributed by atoms with Crippen LogP contribution in [-0.2, 0) is 21.2 Å². The molecule has 4 rings (SSSR count). The summed E-state index contributed by atoms with van der Waals surface area (Å²) in [4.78, 5) is 18.0. The van der Waals surface area contributed by atoms with Gasteiger partial charge in [0.05, 0.1) is 17.0 Å². The van der Waals surface area contributed by atoms with Gasteiger partial charge in [0.25, 0.3) is 10.0 Å². The number of aryl methyl sites for hydroxylation is 1. The van der Waals surface area contributed by atoms with E-state index in [0.29, 0.717) is 10.5 Å². The number of nitrogens with one attached hydrogen (secondary N) is 1. The molecule has 0 saturated heterocycles. The third-order valence-corrected chi connectivity index (χ3v) is 8.76. The molecule has 0 aliphatic carbocycles. The molecule has 7 nitrogen and oxygen atoms in total. The number of carbonyl (C=O) groups is 1. The average Bonchev–Trinajstić information content (AvgIpc) is 3.28. The number of aliphatic hydroxyl groups is 1. The number of benzene rings is 1. The number of sulfonamides is 1. The van der Waals surface area contributed by atoms with Crippen molar-refractivity contribution >= 4 is 59.6 Å². The number of thiazole rings is 1. The third-order valence-electron chi connectivity index (χ3n) is 4.51. The van der Waals surface area contributed by atoms with E-state index in [1.807, 2.05) is 13.0 Å². The van der Waals surface area contributed by atoms with E-state index < -0.39 is 15.9 Å². The zero-order valence-corrected chi connectivity index (χ0v) is 17.5. The van der Waals surface area contributed by atoms with Crippen LogP contribution in [0.5, 0.6) is 0 Å². The van der Waals surface area contributed by atoms with Gasteiger partial charge in [0.15, 0.2) is 10.9 Å². The van der Waals surface area contributed by atoms with Crippen LogP contribution < -0.4 is 5.32 Å². The summed E-state index contributed by atoms with van der Waals surface area (Å²) in [5, 5.41) is 14.5. The van der Waals surface area contributed by atoms with Crippen LogP contribution in [0.3, 0.4) is 0 Å². The zero-order chi connectivity index (χ0) is 20.1. The second kappa shape index (κ2) is 6.87. The number of fused-ring (bicyclic) bond motifs is 3. The van der Waals surface area contributed by atoms with Crippen LogP contribution in [0, 0.1) is 0 Å². The number of hydrogen-bond acceptors (Lipinski definition) is 7. The zero-order valence-electron chi connectivity index (χ0n) is 15.1. The molecule has 0 fully saturated rings. The summed E-state index contributed by atoms with van der Waals surface area (Å²) in [6, 6.07) is 7.09. The van der Waals surface area contributed by atoms with Gasteiger partial charge in [-0.25, -0.2) is 13.4 Å². The maximum absolute atomic E-state index is 13.1. The van der Waals surface area contributed by atoms with Gasteiger partial charge in [-0.3, -0.25) is 9.10 Å². The van der Waals surface area contributed by atoms with Gasteiger partial charge in [-0.2, -0.15) is 0 Å². The Labute approximate surface area is 170 Å². The maximum atomic E-state index is 13.1. The van der Waals surface area contributed by atoms with Gasteiger partial charge in [0.2, 0.25) is 5.91 Å². The van der Waals surface area contributed by atoms with Crippen LogP contribution in [0.2, 0.25) is 0 Å². The second-order valence-corrected chi connectivity index (χ2v) is 10.3. The fourth-order valence-electron chi connectivity index (χ4n) is 3.04. The summed E-state index contributed by atoms with van der Waals surface area (Å²) in [6.45, 7) is 1.99. The number of nitrogens with zero attached hydrogens (tertiary/aromatic N) is 2. The average molecular weight is 436 g/mol. The minimum absolute atomic E-state index is 0.0452. The molecule has 2 aromatic heterocycles. The number of aliphatic hydroxyl groups excluding tert-OH is 1. The highest BCUT2D eigenvalue weighted by molar-refractivity contribution is 7.89. The Bertz CT molecular complexity index is 1220. The first-order chi connectivity index (χ1) is 13.3. The van der Waals surface area contributed by atoms with E-state index in [2.05, 4.69) is 10.3 Å². The number of thiophene rings is 1. The molecule has 10 heteroatoms. The van der Waals surface area contributed by atoms with Crippen LogP contribution in [-0.4, -0.2) is 35.8 Å². The smallest absolute Gasteiger partial charge is 0.266 e. The van der Waals surface area contributed by atoms with Crippen LogP contribution in [0.25, 0.3) is 15.8 Å². The van der Waals surface area contributed by atoms with Crippen LogP contribution in [0.4, 0.5) is 5.13 Å². The van der Waals surface area contributed by atoms with E-state index in [1.165, 1.54) is 29.7 Å². The van der Waals surface area contributed by atoms with Gasteiger partial charge >= 0.3 is 0 Å². The van der Waals surface area contributed by atoms with Crippen molar-refractivity contribution in [1.29, 1.82) is 0 Å². The Morgan fingerprint density at radius 1 is 1.29 bits per heavy atom. The third kappa shape index (κ3) is 2.97. The lowest BCUT2D eigenvalue weighted by Gasteiger charge is -2.27. The Kier molecular flexibility index (Phi) is 4.64. The van der Waals surface area contributed by atoms with Crippen molar-refractivity contribution in [2.75, 3.05) is 12.4 Å². The molecule has 0 spiro atoms. The van der Waals surface area contributed by atoms with Gasteiger partial charge in [-0.1, -0.05) is 25.1 Å². The minimum atomic E-state index is -3.87. The van der Waals surface area contributed by atoms with E-state index in [0.717, 1.165) is 20.3 Å². The number of rotatable bonds is 4. The monoisotopic (exact) mass is 435 g/mol. The van der Waals surface area contributed by atoms with Crippen molar-refractivity contribution in [3.05, 3.63) is 45.9 Å². The number of aromatic nitrogens is 1. The van der Waals surface area contributed by atoms with Crippen molar-refractivity contribution < 1.29 is 18.3 Å². The topological polar surface area (TPSA) is 99.6 Å². The fourth-order valence-corrected chi connectivity index (χ4v) is 6.87. The first-order valence-corrected chi connectivity index (χ1v) is 11.6. The molecule has 0 unspecified atom stereocenters. The summed E-state index contributed by atoms with van der Waals surface area (Å²) in [6.07, 6.45) is 2.23. The number of hydrogen-bond donors (Lipinski definition) is 2. The number of carbonyl (C=O) groups excluding carboxylic acids is 1. The van der Waals surface area contributed by atoms with E-state index >= 15 is 0 Å². The van der Waals surface area contributed by atoms with E-state index in [-0.39, 0.29) is 27.6 Å². The van der Waals surface area contributed by atoms with Crippen molar-refractivity contribution in [1.82, 2.24) is 9.29 Å². The minimum Gasteiger partial charge on any atom is -0.505 e. The molecule has 2 N–H and O–H groups in total. The molecular weight excluding hydrogens is 418 g/mol. The standard InChI is InChI=1S/C18H17N3O4S3/c1-3-10-9-19-18(26-10)20-14(22)8-12-15(23)16-17(28(24,25)21(12)2)11-6-4-5-7-13(11)27-16/h4-7,9,23H,3,8H2,1-2H3,(H,19,20,22). The molecule has 28 heavy (non-hydrogen) atoms. The van der Waals surface area contributed by atoms with Crippen molar-refractivity contribution in [2.24, 2.45) is 0 Å². The first kappa shape index (κ1) is 18.9. The molecule has 0 radical (unpaired) electrons. The predicted octanol–water partition coefficient (Wildman–Crippen LogP) is 3.81. The predicted molar refractivity (Wildman–Crippen MR) is 111 cm³/mol. The molecule has 146 valence electrons. The fraction of sp³-hybridized carbons (Fsp3) is 0.222. The highest BCUT2D eigenvalue weighted by Crippen LogP contribution is 2.45. The second-order valence-electron chi connectivity index (χ2n) is 6.23. The summed E-state index contributed by atoms with van der Waals surface area (Å²) in [7, 11) is -2.52. The van der Waals surface area contributed by atoms with Gasteiger partial charge in [-0.15, -0.1) is 22.7 Å². The first-order valence-electron chi connectivity index (χ1n) is 8.50. The summed E-state index contributed by atoms with van der Waals surface area (Å²) in [5.74, 6) is -0.623. The van der Waals surface area contributed by atoms with E-state index in [4.69, 9.17) is 0 Å². The van der Waals surface area contributed by atoms with E-state index in [1.54, 1.807) is 24.4 Å². The number of amides is 1. The van der Waals surface area contributed by atoms with Gasteiger partial charge in [0, 0.05) is 28.2 Å². The van der Waals surface area contributed by atoms with Crippen LogP contribution >= 0.6 is 22.7 Å². The molecule has 3 aromatic rings. The molecule has 1 aromatic carbocycles. The lowest BCUT2D eigenvalue weighted by molar-refractivity contribution is -0.115. The quantitative estimate of drug-likeness (QED) is 0.649.